The van der Waals surface area contributed by atoms with Crippen LogP contribution in [0, 0.1) is 5.41 Å². The molecule has 0 aliphatic carbocycles. The van der Waals surface area contributed by atoms with Crippen molar-refractivity contribution >= 4 is 11.6 Å². The lowest BCUT2D eigenvalue weighted by atomic mass is 9.83. The van der Waals surface area contributed by atoms with Crippen molar-refractivity contribution in [1.29, 1.82) is 0 Å². The Hall–Kier alpha value is -2.75. The highest BCUT2D eigenvalue weighted by molar-refractivity contribution is 6.06. The molecule has 0 aliphatic rings. The van der Waals surface area contributed by atoms with E-state index in [4.69, 9.17) is 0 Å². The Bertz CT molecular complexity index is 706. The average Bonchev–Trinajstić information content (AvgIpc) is 2.60. The van der Waals surface area contributed by atoms with E-state index < -0.39 is 0 Å². The number of hydrogen-bond donors (Lipinski definition) is 0. The van der Waals surface area contributed by atoms with Gasteiger partial charge in [0.25, 0.3) is 5.91 Å². The minimum absolute atomic E-state index is 0.180. The maximum absolute atomic E-state index is 12.5. The molecule has 0 bridgehead atoms. The maximum atomic E-state index is 12.5. The summed E-state index contributed by atoms with van der Waals surface area (Å²) in [6.07, 6.45) is 5.02. The van der Waals surface area contributed by atoms with Crippen molar-refractivity contribution < 1.29 is 4.79 Å². The summed E-state index contributed by atoms with van der Waals surface area (Å²) in [4.78, 5) is 16.4. The first-order valence-electron chi connectivity index (χ1n) is 7.42. The van der Waals surface area contributed by atoms with Gasteiger partial charge in [-0.2, -0.15) is 5.10 Å². The lowest BCUT2D eigenvalue weighted by Gasteiger charge is -2.25. The van der Waals surface area contributed by atoms with Crippen molar-refractivity contribution in [2.24, 2.45) is 10.5 Å². The minimum atomic E-state index is -0.367. The molecule has 0 saturated carbocycles. The van der Waals surface area contributed by atoms with E-state index in [-0.39, 0.29) is 11.3 Å². The number of nitrogens with zero attached hydrogens (tertiary/aromatic N) is 3. The predicted molar refractivity (Wildman–Crippen MR) is 93.3 cm³/mol. The summed E-state index contributed by atoms with van der Waals surface area (Å²) < 4.78 is 0. The molecule has 1 aromatic carbocycles. The second kappa shape index (κ2) is 7.01. The van der Waals surface area contributed by atoms with E-state index in [2.05, 4.69) is 16.7 Å². The second-order valence-electron chi connectivity index (χ2n) is 5.81. The number of hydrazone groups is 1. The Kier molecular flexibility index (Phi) is 5.06. The summed E-state index contributed by atoms with van der Waals surface area (Å²) in [6, 6.07) is 13.2. The molecule has 0 radical (unpaired) electrons. The Morgan fingerprint density at radius 2 is 1.74 bits per heavy atom. The normalized spacial score (nSPS) is 11.9. The van der Waals surface area contributed by atoms with Crippen LogP contribution >= 0.6 is 0 Å². The number of pyridine rings is 1. The Morgan fingerprint density at radius 3 is 2.30 bits per heavy atom. The van der Waals surface area contributed by atoms with Gasteiger partial charge in [0.15, 0.2) is 0 Å². The van der Waals surface area contributed by atoms with Crippen molar-refractivity contribution in [3.05, 3.63) is 78.6 Å². The molecule has 2 aromatic rings. The molecule has 2 rings (SSSR count). The molecule has 0 aliphatic heterocycles. The van der Waals surface area contributed by atoms with Gasteiger partial charge in [-0.1, -0.05) is 50.3 Å². The third kappa shape index (κ3) is 3.92. The van der Waals surface area contributed by atoms with Gasteiger partial charge in [0, 0.05) is 30.4 Å². The van der Waals surface area contributed by atoms with Gasteiger partial charge in [-0.15, -0.1) is 6.58 Å². The predicted octanol–water partition coefficient (Wildman–Crippen LogP) is 3.77. The highest BCUT2D eigenvalue weighted by atomic mass is 16.2. The summed E-state index contributed by atoms with van der Waals surface area (Å²) in [5.41, 5.74) is 1.94. The van der Waals surface area contributed by atoms with Crippen LogP contribution in [-0.2, 0) is 0 Å². The number of benzene rings is 1. The first-order chi connectivity index (χ1) is 11.0. The minimum Gasteiger partial charge on any atom is -0.267 e. The van der Waals surface area contributed by atoms with Crippen LogP contribution in [0.15, 0.2) is 72.6 Å². The molecule has 0 unspecified atom stereocenters. The highest BCUT2D eigenvalue weighted by Gasteiger charge is 2.24. The van der Waals surface area contributed by atoms with E-state index in [1.165, 1.54) is 5.01 Å². The highest BCUT2D eigenvalue weighted by Crippen LogP contribution is 2.24. The number of aromatic nitrogens is 1. The van der Waals surface area contributed by atoms with E-state index in [9.17, 15) is 4.79 Å². The molecule has 0 spiro atoms. The first kappa shape index (κ1) is 16.6. The van der Waals surface area contributed by atoms with Gasteiger partial charge in [-0.05, 0) is 17.7 Å². The molecule has 0 fully saturated rings. The molecule has 23 heavy (non-hydrogen) atoms. The summed E-state index contributed by atoms with van der Waals surface area (Å²) in [7, 11) is 1.66. The fourth-order valence-corrected chi connectivity index (χ4v) is 2.13. The third-order valence-corrected chi connectivity index (χ3v) is 3.64. The molecule has 4 heteroatoms. The standard InChI is InChI=1S/C19H21N3O/c1-5-19(2,3)17(15-9-7-6-8-10-15)21-22(4)18(23)16-11-13-20-14-12-16/h5-14H,1H2,2-4H3/b21-17-. The fraction of sp³-hybridized carbons (Fsp3) is 0.211. The second-order valence-corrected chi connectivity index (χ2v) is 5.81. The number of amides is 1. The van der Waals surface area contributed by atoms with Crippen molar-refractivity contribution in [3.8, 4) is 0 Å². The molecule has 0 N–H and O–H groups in total. The van der Waals surface area contributed by atoms with Gasteiger partial charge in [0.1, 0.15) is 0 Å². The van der Waals surface area contributed by atoms with E-state index in [0.29, 0.717) is 5.56 Å². The zero-order valence-electron chi connectivity index (χ0n) is 13.7. The summed E-state index contributed by atoms with van der Waals surface area (Å²) in [5, 5.41) is 5.94. The molecule has 1 aromatic heterocycles. The SMILES string of the molecule is C=CC(C)(C)/C(=N\N(C)C(=O)c1ccncc1)c1ccccc1. The van der Waals surface area contributed by atoms with Crippen LogP contribution in [0.25, 0.3) is 0 Å². The van der Waals surface area contributed by atoms with Gasteiger partial charge in [-0.25, -0.2) is 5.01 Å². The lowest BCUT2D eigenvalue weighted by molar-refractivity contribution is 0.0798. The number of hydrogen-bond acceptors (Lipinski definition) is 3. The summed E-state index contributed by atoms with van der Waals surface area (Å²) in [5.74, 6) is -0.180. The lowest BCUT2D eigenvalue weighted by Crippen LogP contribution is -2.29. The molecular formula is C19H21N3O. The van der Waals surface area contributed by atoms with E-state index in [0.717, 1.165) is 11.3 Å². The third-order valence-electron chi connectivity index (χ3n) is 3.64. The van der Waals surface area contributed by atoms with Gasteiger partial charge in [0.05, 0.1) is 5.71 Å². The zero-order chi connectivity index (χ0) is 16.9. The zero-order valence-corrected chi connectivity index (χ0v) is 13.7. The van der Waals surface area contributed by atoms with Crippen LogP contribution in [0.1, 0.15) is 29.8 Å². The molecular weight excluding hydrogens is 286 g/mol. The number of carbonyl (C=O) groups is 1. The van der Waals surface area contributed by atoms with Gasteiger partial charge in [-0.3, -0.25) is 9.78 Å². The van der Waals surface area contributed by atoms with E-state index in [1.807, 2.05) is 50.3 Å². The van der Waals surface area contributed by atoms with Crippen LogP contribution in [0.5, 0.6) is 0 Å². The Morgan fingerprint density at radius 1 is 1.13 bits per heavy atom. The van der Waals surface area contributed by atoms with Crippen LogP contribution in [0.4, 0.5) is 0 Å². The molecule has 0 atom stereocenters. The fourth-order valence-electron chi connectivity index (χ4n) is 2.13. The van der Waals surface area contributed by atoms with E-state index in [1.54, 1.807) is 31.6 Å². The largest absolute Gasteiger partial charge is 0.273 e. The van der Waals surface area contributed by atoms with Gasteiger partial charge < -0.3 is 0 Å². The molecule has 0 saturated heterocycles. The van der Waals surface area contributed by atoms with Gasteiger partial charge >= 0.3 is 0 Å². The van der Waals surface area contributed by atoms with Crippen LogP contribution in [-0.4, -0.2) is 28.7 Å². The Balaban J connectivity index is 2.41. The van der Waals surface area contributed by atoms with E-state index >= 15 is 0 Å². The van der Waals surface area contributed by atoms with Crippen molar-refractivity contribution in [2.75, 3.05) is 7.05 Å². The maximum Gasteiger partial charge on any atom is 0.273 e. The molecule has 118 valence electrons. The molecule has 1 heterocycles. The number of carbonyl (C=O) groups excluding carboxylic acids is 1. The van der Waals surface area contributed by atoms with Crippen LogP contribution < -0.4 is 0 Å². The first-order valence-corrected chi connectivity index (χ1v) is 7.42. The topological polar surface area (TPSA) is 45.6 Å². The monoisotopic (exact) mass is 307 g/mol. The Labute approximate surface area is 137 Å². The smallest absolute Gasteiger partial charge is 0.267 e. The number of allylic oxidation sites excluding steroid dienone is 1. The van der Waals surface area contributed by atoms with Crippen molar-refractivity contribution in [1.82, 2.24) is 9.99 Å². The van der Waals surface area contributed by atoms with Crippen LogP contribution in [0.3, 0.4) is 0 Å². The number of rotatable bonds is 5. The molecule has 4 nitrogen and oxygen atoms in total. The molecule has 1 amide bonds. The quantitative estimate of drug-likeness (QED) is 0.479. The van der Waals surface area contributed by atoms with Crippen molar-refractivity contribution in [2.45, 2.75) is 13.8 Å². The average molecular weight is 307 g/mol. The summed E-state index contributed by atoms with van der Waals surface area (Å²) in [6.45, 7) is 7.95. The van der Waals surface area contributed by atoms with Crippen LogP contribution in [0.2, 0.25) is 0 Å². The summed E-state index contributed by atoms with van der Waals surface area (Å²) >= 11 is 0. The van der Waals surface area contributed by atoms with Gasteiger partial charge in [0.2, 0.25) is 0 Å². The van der Waals surface area contributed by atoms with Crippen molar-refractivity contribution in [3.63, 3.8) is 0 Å².